The highest BCUT2D eigenvalue weighted by molar-refractivity contribution is 5.83. The summed E-state index contributed by atoms with van der Waals surface area (Å²) < 4.78 is 0. The van der Waals surface area contributed by atoms with Crippen molar-refractivity contribution in [1.29, 1.82) is 0 Å². The van der Waals surface area contributed by atoms with E-state index in [0.29, 0.717) is 0 Å². The largest absolute Gasteiger partial charge is 0.344 e. The normalized spacial score (nSPS) is 14.1. The number of hydrogen-bond donors (Lipinski definition) is 0. The number of fused-ring (bicyclic) bond motifs is 5. The zero-order chi connectivity index (χ0) is 24.1. The standard InChI is InChI=1S/C32H39N/c1-15-16(2)20(6)26-13-29-27(12-25(26)19(15)5)22(8)24(10)32-30(29)14-28-21(7)17(3)18(4)23(9)31(28)33(32)11/h12-14H2,1-11H3. The van der Waals surface area contributed by atoms with Crippen LogP contribution < -0.4 is 4.90 Å². The number of rotatable bonds is 0. The maximum Gasteiger partial charge on any atom is 0.0479 e. The lowest BCUT2D eigenvalue weighted by Gasteiger charge is -2.39. The van der Waals surface area contributed by atoms with E-state index in [-0.39, 0.29) is 0 Å². The quantitative estimate of drug-likeness (QED) is 0.270. The van der Waals surface area contributed by atoms with Gasteiger partial charge in [-0.3, -0.25) is 0 Å². The third-order valence-corrected chi connectivity index (χ3v) is 9.85. The Kier molecular flexibility index (Phi) is 4.88. The van der Waals surface area contributed by atoms with E-state index in [1.165, 1.54) is 72.6 Å². The fourth-order valence-corrected chi connectivity index (χ4v) is 6.91. The van der Waals surface area contributed by atoms with E-state index in [0.717, 1.165) is 19.3 Å². The van der Waals surface area contributed by atoms with Crippen LogP contribution in [0.5, 0.6) is 0 Å². The Morgan fingerprint density at radius 1 is 0.333 bits per heavy atom. The van der Waals surface area contributed by atoms with E-state index in [1.807, 2.05) is 0 Å². The molecule has 0 saturated carbocycles. The van der Waals surface area contributed by atoms with Crippen LogP contribution in [0.4, 0.5) is 11.4 Å². The summed E-state index contributed by atoms with van der Waals surface area (Å²) in [6.07, 6.45) is 3.22. The van der Waals surface area contributed by atoms with Gasteiger partial charge < -0.3 is 4.90 Å². The minimum atomic E-state index is 1.06. The van der Waals surface area contributed by atoms with Crippen molar-refractivity contribution in [2.75, 3.05) is 11.9 Å². The van der Waals surface area contributed by atoms with Crippen LogP contribution in [-0.2, 0) is 19.3 Å². The summed E-state index contributed by atoms with van der Waals surface area (Å²) in [6.45, 7) is 23.3. The van der Waals surface area contributed by atoms with Gasteiger partial charge >= 0.3 is 0 Å². The Labute approximate surface area is 200 Å². The van der Waals surface area contributed by atoms with Crippen LogP contribution in [0, 0.1) is 69.2 Å². The van der Waals surface area contributed by atoms with Gasteiger partial charge in [0.05, 0.1) is 0 Å². The summed E-state index contributed by atoms with van der Waals surface area (Å²) in [5, 5.41) is 0. The molecule has 1 heteroatoms. The Morgan fingerprint density at radius 2 is 0.636 bits per heavy atom. The van der Waals surface area contributed by atoms with E-state index in [4.69, 9.17) is 0 Å². The molecule has 3 aromatic carbocycles. The maximum absolute atomic E-state index is 2.53. The molecule has 172 valence electrons. The van der Waals surface area contributed by atoms with Crippen LogP contribution in [0.3, 0.4) is 0 Å². The Hall–Kier alpha value is -2.54. The second kappa shape index (κ2) is 7.23. The van der Waals surface area contributed by atoms with Crippen LogP contribution >= 0.6 is 0 Å². The van der Waals surface area contributed by atoms with Crippen molar-refractivity contribution in [2.45, 2.75) is 88.5 Å². The number of nitrogens with zero attached hydrogens (tertiary/aromatic N) is 1. The van der Waals surface area contributed by atoms with E-state index < -0.39 is 0 Å². The average Bonchev–Trinajstić information content (AvgIpc) is 2.80. The molecule has 0 radical (unpaired) electrons. The first kappa shape index (κ1) is 22.3. The van der Waals surface area contributed by atoms with E-state index in [9.17, 15) is 0 Å². The fraction of sp³-hybridized carbons (Fsp3) is 0.438. The molecule has 0 fully saturated rings. The van der Waals surface area contributed by atoms with Gasteiger partial charge in [-0.05, 0) is 171 Å². The predicted molar refractivity (Wildman–Crippen MR) is 143 cm³/mol. The summed E-state index contributed by atoms with van der Waals surface area (Å²) in [5.41, 5.74) is 27.2. The molecular weight excluding hydrogens is 398 g/mol. The molecule has 0 saturated heterocycles. The van der Waals surface area contributed by atoms with Crippen molar-refractivity contribution < 1.29 is 0 Å². The molecule has 0 amide bonds. The summed E-state index contributed by atoms with van der Waals surface area (Å²) in [4.78, 5) is 2.53. The Bertz CT molecular complexity index is 1380. The monoisotopic (exact) mass is 437 g/mol. The number of hydrogen-bond acceptors (Lipinski definition) is 1. The molecule has 1 nitrogen and oxygen atoms in total. The van der Waals surface area contributed by atoms with Gasteiger partial charge in [-0.2, -0.15) is 0 Å². The van der Waals surface area contributed by atoms with E-state index in [1.54, 1.807) is 27.8 Å². The lowest BCUT2D eigenvalue weighted by Crippen LogP contribution is -2.26. The molecule has 3 aromatic rings. The van der Waals surface area contributed by atoms with Crippen molar-refractivity contribution in [3.05, 3.63) is 89.0 Å². The summed E-state index contributed by atoms with van der Waals surface area (Å²) >= 11 is 0. The van der Waals surface area contributed by atoms with Gasteiger partial charge in [0.1, 0.15) is 0 Å². The zero-order valence-corrected chi connectivity index (χ0v) is 22.6. The van der Waals surface area contributed by atoms with Gasteiger partial charge in [0.25, 0.3) is 0 Å². The van der Waals surface area contributed by atoms with Crippen LogP contribution in [0.2, 0.25) is 0 Å². The molecule has 1 heterocycles. The smallest absolute Gasteiger partial charge is 0.0479 e. The van der Waals surface area contributed by atoms with Crippen molar-refractivity contribution in [2.24, 2.45) is 0 Å². The van der Waals surface area contributed by atoms with Gasteiger partial charge in [0.2, 0.25) is 0 Å². The van der Waals surface area contributed by atoms with E-state index >= 15 is 0 Å². The molecule has 0 aromatic heterocycles. The first-order valence-electron chi connectivity index (χ1n) is 12.5. The molecule has 0 spiro atoms. The molecule has 0 bridgehead atoms. The summed E-state index contributed by atoms with van der Waals surface area (Å²) in [6, 6.07) is 0. The molecular formula is C32H39N. The Morgan fingerprint density at radius 3 is 1.18 bits per heavy atom. The molecule has 0 N–H and O–H groups in total. The van der Waals surface area contributed by atoms with Crippen LogP contribution in [-0.4, -0.2) is 7.05 Å². The first-order chi connectivity index (χ1) is 15.5. The average molecular weight is 438 g/mol. The molecule has 33 heavy (non-hydrogen) atoms. The molecule has 1 aliphatic heterocycles. The third-order valence-electron chi connectivity index (χ3n) is 9.85. The lowest BCUT2D eigenvalue weighted by molar-refractivity contribution is 0.897. The zero-order valence-electron chi connectivity index (χ0n) is 22.6. The molecule has 0 atom stereocenters. The SMILES string of the molecule is Cc1c(C)c(C)c2c(c1C)Cc1c(C)c(C)c3c(c1C2)Cc1c(C)c(C)c(C)c(C)c1N3C. The third kappa shape index (κ3) is 2.78. The van der Waals surface area contributed by atoms with Gasteiger partial charge in [-0.25, -0.2) is 0 Å². The number of benzene rings is 3. The summed E-state index contributed by atoms with van der Waals surface area (Å²) in [5.74, 6) is 0. The molecule has 1 aliphatic carbocycles. The first-order valence-corrected chi connectivity index (χ1v) is 12.5. The summed E-state index contributed by atoms with van der Waals surface area (Å²) in [7, 11) is 2.30. The van der Waals surface area contributed by atoms with Crippen molar-refractivity contribution >= 4 is 11.4 Å². The fourth-order valence-electron chi connectivity index (χ4n) is 6.91. The van der Waals surface area contributed by atoms with Crippen LogP contribution in [0.25, 0.3) is 0 Å². The highest BCUT2D eigenvalue weighted by Crippen LogP contribution is 2.49. The van der Waals surface area contributed by atoms with Gasteiger partial charge in [-0.1, -0.05) is 0 Å². The minimum Gasteiger partial charge on any atom is -0.344 e. The van der Waals surface area contributed by atoms with Crippen molar-refractivity contribution in [1.82, 2.24) is 0 Å². The minimum absolute atomic E-state index is 1.06. The topological polar surface area (TPSA) is 3.24 Å². The molecule has 5 rings (SSSR count). The van der Waals surface area contributed by atoms with Gasteiger partial charge in [0.15, 0.2) is 0 Å². The number of anilines is 2. The molecule has 0 unspecified atom stereocenters. The second-order valence-electron chi connectivity index (χ2n) is 10.9. The van der Waals surface area contributed by atoms with Gasteiger partial charge in [-0.15, -0.1) is 0 Å². The van der Waals surface area contributed by atoms with E-state index in [2.05, 4.69) is 81.2 Å². The highest BCUT2D eigenvalue weighted by atomic mass is 15.1. The second-order valence-corrected chi connectivity index (χ2v) is 10.9. The lowest BCUT2D eigenvalue weighted by atomic mass is 9.73. The van der Waals surface area contributed by atoms with Crippen LogP contribution in [0.1, 0.15) is 89.0 Å². The Balaban J connectivity index is 1.80. The van der Waals surface area contributed by atoms with Crippen molar-refractivity contribution in [3.8, 4) is 0 Å². The maximum atomic E-state index is 2.53. The van der Waals surface area contributed by atoms with Gasteiger partial charge in [0, 0.05) is 24.8 Å². The van der Waals surface area contributed by atoms with Crippen LogP contribution in [0.15, 0.2) is 0 Å². The van der Waals surface area contributed by atoms with Crippen molar-refractivity contribution in [3.63, 3.8) is 0 Å². The predicted octanol–water partition coefficient (Wildman–Crippen LogP) is 7.94. The molecule has 2 aliphatic rings. The highest BCUT2D eigenvalue weighted by Gasteiger charge is 2.33.